The van der Waals surface area contributed by atoms with Crippen LogP contribution in [0.15, 0.2) is 5.18 Å². The molecule has 0 fully saturated rings. The summed E-state index contributed by atoms with van der Waals surface area (Å²) >= 11 is 0. The Kier molecular flexibility index (Phi) is 8.39. The summed E-state index contributed by atoms with van der Waals surface area (Å²) in [5, 5.41) is 2.82. The van der Waals surface area contributed by atoms with E-state index in [0.29, 0.717) is 6.42 Å². The van der Waals surface area contributed by atoms with Gasteiger partial charge in [-0.2, -0.15) is 4.91 Å². The molecule has 0 bridgehead atoms. The molecule has 82 valence electrons. The average molecular weight is 199 g/mol. The molecule has 0 heterocycles. The summed E-state index contributed by atoms with van der Waals surface area (Å²) in [6.45, 7) is 3.62. The predicted octanol–water partition coefficient (Wildman–Crippen LogP) is 3.46. The molecule has 0 aliphatic carbocycles. The van der Waals surface area contributed by atoms with Crippen LogP contribution < -0.4 is 0 Å². The zero-order valence-electron chi connectivity index (χ0n) is 9.29. The molecule has 0 aromatic carbocycles. The number of Topliss-reactive ketones (excluding diaryl/α,β-unsaturated/α-hetero) is 1. The van der Waals surface area contributed by atoms with Crippen molar-refractivity contribution in [3.05, 3.63) is 4.91 Å². The summed E-state index contributed by atoms with van der Waals surface area (Å²) in [6, 6.07) is -0.596. The zero-order valence-corrected chi connectivity index (χ0v) is 9.29. The number of carbonyl (C=O) groups excluding carboxylic acids is 1. The summed E-state index contributed by atoms with van der Waals surface area (Å²) in [6.07, 6.45) is 7.67. The van der Waals surface area contributed by atoms with Gasteiger partial charge in [0.25, 0.3) is 0 Å². The molecule has 0 radical (unpaired) electrons. The van der Waals surface area contributed by atoms with E-state index < -0.39 is 6.04 Å². The first-order chi connectivity index (χ1) is 6.72. The summed E-state index contributed by atoms with van der Waals surface area (Å²) < 4.78 is 0. The second-order valence-corrected chi connectivity index (χ2v) is 3.79. The van der Waals surface area contributed by atoms with Gasteiger partial charge in [0.05, 0.1) is 0 Å². The van der Waals surface area contributed by atoms with Gasteiger partial charge in [0.15, 0.2) is 5.78 Å². The first-order valence-corrected chi connectivity index (χ1v) is 5.55. The van der Waals surface area contributed by atoms with Crippen molar-refractivity contribution in [2.45, 2.75) is 64.8 Å². The number of unbranched alkanes of at least 4 members (excludes halogenated alkanes) is 5. The van der Waals surface area contributed by atoms with Gasteiger partial charge >= 0.3 is 0 Å². The van der Waals surface area contributed by atoms with Crippen molar-refractivity contribution in [3.63, 3.8) is 0 Å². The molecule has 0 spiro atoms. The SMILES string of the molecule is CCCCCCCC[C@@H](N=O)C(C)=O. The Hall–Kier alpha value is -0.730. The van der Waals surface area contributed by atoms with E-state index in [0.717, 1.165) is 12.8 Å². The maximum Gasteiger partial charge on any atom is 0.157 e. The third-order valence-electron chi connectivity index (χ3n) is 2.43. The second-order valence-electron chi connectivity index (χ2n) is 3.79. The minimum Gasteiger partial charge on any atom is -0.297 e. The maximum absolute atomic E-state index is 10.8. The quantitative estimate of drug-likeness (QED) is 0.421. The van der Waals surface area contributed by atoms with Crippen molar-refractivity contribution in [3.8, 4) is 0 Å². The number of nitroso groups, excluding NO2 is 1. The minimum absolute atomic E-state index is 0.103. The van der Waals surface area contributed by atoms with Gasteiger partial charge in [-0.3, -0.25) is 4.79 Å². The molecule has 1 atom stereocenters. The van der Waals surface area contributed by atoms with Crippen molar-refractivity contribution < 1.29 is 4.79 Å². The summed E-state index contributed by atoms with van der Waals surface area (Å²) in [4.78, 5) is 21.1. The molecule has 0 amide bonds. The molecular formula is C11H21NO2. The van der Waals surface area contributed by atoms with Gasteiger partial charge in [0, 0.05) is 0 Å². The lowest BCUT2D eigenvalue weighted by molar-refractivity contribution is -0.118. The molecule has 0 rings (SSSR count). The third kappa shape index (κ3) is 6.75. The Morgan fingerprint density at radius 3 is 2.21 bits per heavy atom. The van der Waals surface area contributed by atoms with E-state index in [9.17, 15) is 9.70 Å². The second kappa shape index (κ2) is 8.85. The molecule has 0 aliphatic heterocycles. The molecular weight excluding hydrogens is 178 g/mol. The Balaban J connectivity index is 3.33. The number of nitrogens with zero attached hydrogens (tertiary/aromatic N) is 1. The highest BCUT2D eigenvalue weighted by molar-refractivity contribution is 5.81. The molecule has 14 heavy (non-hydrogen) atoms. The molecule has 0 saturated carbocycles. The molecule has 0 aromatic heterocycles. The van der Waals surface area contributed by atoms with Crippen LogP contribution in [0.3, 0.4) is 0 Å². The molecule has 3 nitrogen and oxygen atoms in total. The van der Waals surface area contributed by atoms with Gasteiger partial charge in [0.1, 0.15) is 6.04 Å². The van der Waals surface area contributed by atoms with Gasteiger partial charge in [-0.05, 0) is 13.3 Å². The van der Waals surface area contributed by atoms with E-state index in [1.54, 1.807) is 0 Å². The third-order valence-corrected chi connectivity index (χ3v) is 2.43. The fourth-order valence-corrected chi connectivity index (χ4v) is 1.45. The summed E-state index contributed by atoms with van der Waals surface area (Å²) in [7, 11) is 0. The van der Waals surface area contributed by atoms with E-state index >= 15 is 0 Å². The molecule has 3 heteroatoms. The Morgan fingerprint density at radius 1 is 1.14 bits per heavy atom. The largest absolute Gasteiger partial charge is 0.297 e. The van der Waals surface area contributed by atoms with Crippen LogP contribution in [0.2, 0.25) is 0 Å². The Bertz CT molecular complexity index is 169. The van der Waals surface area contributed by atoms with Crippen LogP contribution in [-0.2, 0) is 4.79 Å². The smallest absolute Gasteiger partial charge is 0.157 e. The normalized spacial score (nSPS) is 12.4. The first kappa shape index (κ1) is 13.3. The van der Waals surface area contributed by atoms with Crippen LogP contribution in [0.1, 0.15) is 58.8 Å². The minimum atomic E-state index is -0.596. The van der Waals surface area contributed by atoms with Gasteiger partial charge in [-0.1, -0.05) is 50.6 Å². The van der Waals surface area contributed by atoms with Gasteiger partial charge in [0.2, 0.25) is 0 Å². The van der Waals surface area contributed by atoms with Crippen LogP contribution in [0.5, 0.6) is 0 Å². The highest BCUT2D eigenvalue weighted by Gasteiger charge is 2.12. The number of hydrogen-bond acceptors (Lipinski definition) is 3. The number of carbonyl (C=O) groups is 1. The standard InChI is InChI=1S/C11H21NO2/c1-3-4-5-6-7-8-9-11(12-14)10(2)13/h11H,3-9H2,1-2H3/t11-/m1/s1. The molecule has 0 aliphatic rings. The zero-order chi connectivity index (χ0) is 10.8. The van der Waals surface area contributed by atoms with Crippen molar-refractivity contribution in [2.24, 2.45) is 5.18 Å². The van der Waals surface area contributed by atoms with Crippen LogP contribution in [-0.4, -0.2) is 11.8 Å². The predicted molar refractivity (Wildman–Crippen MR) is 58.3 cm³/mol. The number of hydrogen-bond donors (Lipinski definition) is 0. The van der Waals surface area contributed by atoms with Crippen molar-refractivity contribution in [1.29, 1.82) is 0 Å². The Morgan fingerprint density at radius 2 is 1.71 bits per heavy atom. The maximum atomic E-state index is 10.8. The van der Waals surface area contributed by atoms with E-state index in [4.69, 9.17) is 0 Å². The fourth-order valence-electron chi connectivity index (χ4n) is 1.45. The van der Waals surface area contributed by atoms with E-state index in [1.165, 1.54) is 32.6 Å². The topological polar surface area (TPSA) is 46.5 Å². The Labute approximate surface area is 86.2 Å². The van der Waals surface area contributed by atoms with Crippen LogP contribution in [0, 0.1) is 4.91 Å². The highest BCUT2D eigenvalue weighted by Crippen LogP contribution is 2.10. The summed E-state index contributed by atoms with van der Waals surface area (Å²) in [5.74, 6) is -0.103. The van der Waals surface area contributed by atoms with Gasteiger partial charge < -0.3 is 0 Å². The molecule has 0 unspecified atom stereocenters. The first-order valence-electron chi connectivity index (χ1n) is 5.55. The summed E-state index contributed by atoms with van der Waals surface area (Å²) in [5.41, 5.74) is 0. The van der Waals surface area contributed by atoms with Crippen molar-refractivity contribution in [2.75, 3.05) is 0 Å². The molecule has 0 saturated heterocycles. The van der Waals surface area contributed by atoms with Gasteiger partial charge in [-0.15, -0.1) is 0 Å². The van der Waals surface area contributed by atoms with E-state index in [-0.39, 0.29) is 5.78 Å². The molecule has 0 N–H and O–H groups in total. The number of rotatable bonds is 9. The van der Waals surface area contributed by atoms with Crippen molar-refractivity contribution in [1.82, 2.24) is 0 Å². The van der Waals surface area contributed by atoms with Crippen LogP contribution in [0.25, 0.3) is 0 Å². The highest BCUT2D eigenvalue weighted by atomic mass is 16.3. The van der Waals surface area contributed by atoms with E-state index in [2.05, 4.69) is 12.1 Å². The lowest BCUT2D eigenvalue weighted by Gasteiger charge is -2.04. The lowest BCUT2D eigenvalue weighted by atomic mass is 10.0. The van der Waals surface area contributed by atoms with E-state index in [1.807, 2.05) is 0 Å². The fraction of sp³-hybridized carbons (Fsp3) is 0.909. The monoisotopic (exact) mass is 199 g/mol. The van der Waals surface area contributed by atoms with Crippen LogP contribution >= 0.6 is 0 Å². The van der Waals surface area contributed by atoms with Gasteiger partial charge in [-0.25, -0.2) is 0 Å². The van der Waals surface area contributed by atoms with Crippen LogP contribution in [0.4, 0.5) is 0 Å². The average Bonchev–Trinajstić information content (AvgIpc) is 2.16. The lowest BCUT2D eigenvalue weighted by Crippen LogP contribution is -2.13. The van der Waals surface area contributed by atoms with Crippen molar-refractivity contribution >= 4 is 5.78 Å². The molecule has 0 aromatic rings. The number of ketones is 1.